The molecule has 7 heteroatoms. The average molecular weight is 387 g/mol. The van der Waals surface area contributed by atoms with Crippen LogP contribution < -0.4 is 15.1 Å². The van der Waals surface area contributed by atoms with Gasteiger partial charge in [-0.25, -0.2) is 9.59 Å². The molecule has 0 saturated carbocycles. The maximum absolute atomic E-state index is 12.4. The van der Waals surface area contributed by atoms with Crippen molar-refractivity contribution >= 4 is 28.5 Å². The number of hydrogen-bond acceptors (Lipinski definition) is 6. The van der Waals surface area contributed by atoms with Gasteiger partial charge in [0.05, 0.1) is 5.56 Å². The van der Waals surface area contributed by atoms with Crippen LogP contribution in [0.3, 0.4) is 0 Å². The van der Waals surface area contributed by atoms with Gasteiger partial charge in [0.25, 0.3) is 0 Å². The summed E-state index contributed by atoms with van der Waals surface area (Å²) in [7, 11) is 0. The number of fused-ring (bicyclic) bond motifs is 2. The molecule has 0 aliphatic carbocycles. The fraction of sp³-hybridized carbons (Fsp3) is 0.200. The number of halogens is 1. The molecule has 0 amide bonds. The minimum absolute atomic E-state index is 0.0885. The first-order valence-corrected chi connectivity index (χ1v) is 8.69. The van der Waals surface area contributed by atoms with Gasteiger partial charge < -0.3 is 18.6 Å². The first-order chi connectivity index (χ1) is 13.0. The predicted molar refractivity (Wildman–Crippen MR) is 98.8 cm³/mol. The second kappa shape index (κ2) is 6.96. The van der Waals surface area contributed by atoms with Gasteiger partial charge in [-0.1, -0.05) is 11.6 Å². The Morgan fingerprint density at radius 3 is 2.70 bits per heavy atom. The third-order valence-electron chi connectivity index (χ3n) is 4.25. The Morgan fingerprint density at radius 1 is 1.11 bits per heavy atom. The molecule has 0 N–H and O–H groups in total. The van der Waals surface area contributed by atoms with Gasteiger partial charge in [0.2, 0.25) is 0 Å². The molecule has 1 aliphatic heterocycles. The van der Waals surface area contributed by atoms with Crippen molar-refractivity contribution < 1.29 is 23.4 Å². The molecule has 2 aromatic carbocycles. The highest BCUT2D eigenvalue weighted by molar-refractivity contribution is 6.32. The molecule has 4 rings (SSSR count). The Balaban J connectivity index is 1.59. The molecule has 2 heterocycles. The summed E-state index contributed by atoms with van der Waals surface area (Å²) in [5.41, 5.74) is 1.52. The largest absolute Gasteiger partial charge is 0.486 e. The molecule has 1 aromatic heterocycles. The van der Waals surface area contributed by atoms with Crippen LogP contribution in [0.25, 0.3) is 11.0 Å². The van der Waals surface area contributed by atoms with Crippen molar-refractivity contribution in [2.24, 2.45) is 0 Å². The summed E-state index contributed by atoms with van der Waals surface area (Å²) in [6.45, 7) is 2.63. The Bertz CT molecular complexity index is 1100. The van der Waals surface area contributed by atoms with Crippen LogP contribution in [0.2, 0.25) is 5.02 Å². The van der Waals surface area contributed by atoms with E-state index in [9.17, 15) is 9.59 Å². The van der Waals surface area contributed by atoms with E-state index in [0.29, 0.717) is 51.8 Å². The monoisotopic (exact) mass is 386 g/mol. The molecule has 0 saturated heterocycles. The maximum Gasteiger partial charge on any atom is 0.338 e. The van der Waals surface area contributed by atoms with Crippen LogP contribution in [-0.4, -0.2) is 19.2 Å². The minimum atomic E-state index is -0.536. The second-order valence-electron chi connectivity index (χ2n) is 6.12. The van der Waals surface area contributed by atoms with E-state index < -0.39 is 11.6 Å². The molecular formula is C20H15ClO6. The van der Waals surface area contributed by atoms with E-state index in [4.69, 9.17) is 30.2 Å². The van der Waals surface area contributed by atoms with Crippen LogP contribution >= 0.6 is 11.6 Å². The third kappa shape index (κ3) is 3.48. The van der Waals surface area contributed by atoms with Crippen molar-refractivity contribution in [1.82, 2.24) is 0 Å². The van der Waals surface area contributed by atoms with Gasteiger partial charge in [-0.15, -0.1) is 0 Å². The van der Waals surface area contributed by atoms with Crippen molar-refractivity contribution in [1.29, 1.82) is 0 Å². The maximum atomic E-state index is 12.4. The van der Waals surface area contributed by atoms with Gasteiger partial charge in [-0.3, -0.25) is 0 Å². The molecular weight excluding hydrogens is 372 g/mol. The third-order valence-corrected chi connectivity index (χ3v) is 4.65. The number of aryl methyl sites for hydroxylation is 1. The summed E-state index contributed by atoms with van der Waals surface area (Å²) in [6, 6.07) is 9.53. The molecule has 0 radical (unpaired) electrons. The number of carbonyl (C=O) groups excluding carboxylic acids is 1. The van der Waals surface area contributed by atoms with Crippen molar-refractivity contribution in [3.05, 3.63) is 68.5 Å². The summed E-state index contributed by atoms with van der Waals surface area (Å²) in [4.78, 5) is 24.2. The van der Waals surface area contributed by atoms with E-state index in [0.717, 1.165) is 5.56 Å². The molecule has 0 spiro atoms. The van der Waals surface area contributed by atoms with E-state index >= 15 is 0 Å². The summed E-state index contributed by atoms with van der Waals surface area (Å²) in [6.07, 6.45) is 0. The Hall–Kier alpha value is -2.99. The lowest BCUT2D eigenvalue weighted by Crippen LogP contribution is -2.16. The summed E-state index contributed by atoms with van der Waals surface area (Å²) in [5, 5.41) is 1.16. The van der Waals surface area contributed by atoms with Gasteiger partial charge in [-0.05, 0) is 42.8 Å². The molecule has 0 unspecified atom stereocenters. The van der Waals surface area contributed by atoms with Crippen molar-refractivity contribution in [3.8, 4) is 11.5 Å². The predicted octanol–water partition coefficient (Wildman–Crippen LogP) is 3.88. The second-order valence-corrected chi connectivity index (χ2v) is 6.53. The van der Waals surface area contributed by atoms with Gasteiger partial charge >= 0.3 is 11.6 Å². The fourth-order valence-corrected chi connectivity index (χ4v) is 3.03. The molecule has 138 valence electrons. The lowest BCUT2D eigenvalue weighted by atomic mass is 10.1. The summed E-state index contributed by atoms with van der Waals surface area (Å²) >= 11 is 6.17. The fourth-order valence-electron chi connectivity index (χ4n) is 2.86. The Morgan fingerprint density at radius 2 is 1.89 bits per heavy atom. The van der Waals surface area contributed by atoms with Crippen LogP contribution in [0.4, 0.5) is 0 Å². The molecule has 6 nitrogen and oxygen atoms in total. The van der Waals surface area contributed by atoms with Gasteiger partial charge in [-0.2, -0.15) is 0 Å². The van der Waals surface area contributed by atoms with Crippen LogP contribution in [-0.2, 0) is 11.3 Å². The zero-order chi connectivity index (χ0) is 19.0. The lowest BCUT2D eigenvalue weighted by molar-refractivity contribution is 0.0473. The van der Waals surface area contributed by atoms with E-state index in [1.807, 2.05) is 6.92 Å². The zero-order valence-electron chi connectivity index (χ0n) is 14.4. The van der Waals surface area contributed by atoms with Crippen LogP contribution in [0.5, 0.6) is 11.5 Å². The SMILES string of the molecule is Cc1cc2oc(=O)cc(COC(=O)c3ccc4c(c3)OCCO4)c2cc1Cl. The highest BCUT2D eigenvalue weighted by Gasteiger charge is 2.17. The van der Waals surface area contributed by atoms with Crippen molar-refractivity contribution in [2.45, 2.75) is 13.5 Å². The van der Waals surface area contributed by atoms with Crippen LogP contribution in [0.15, 0.2) is 45.6 Å². The summed E-state index contributed by atoms with van der Waals surface area (Å²) in [5.74, 6) is 0.560. The molecule has 3 aromatic rings. The van der Waals surface area contributed by atoms with Gasteiger partial charge in [0, 0.05) is 22.0 Å². The Kier molecular flexibility index (Phi) is 4.49. The number of carbonyl (C=O) groups is 1. The number of esters is 1. The van der Waals surface area contributed by atoms with Crippen molar-refractivity contribution in [2.75, 3.05) is 13.2 Å². The normalized spacial score (nSPS) is 12.8. The molecule has 0 bridgehead atoms. The number of ether oxygens (including phenoxy) is 3. The van der Waals surface area contributed by atoms with Crippen LogP contribution in [0, 0.1) is 6.92 Å². The van der Waals surface area contributed by atoms with E-state index in [1.165, 1.54) is 6.07 Å². The van der Waals surface area contributed by atoms with E-state index in [1.54, 1.807) is 30.3 Å². The first-order valence-electron chi connectivity index (χ1n) is 8.31. The summed E-state index contributed by atoms with van der Waals surface area (Å²) < 4.78 is 21.5. The number of hydrogen-bond donors (Lipinski definition) is 0. The molecule has 0 fully saturated rings. The minimum Gasteiger partial charge on any atom is -0.486 e. The topological polar surface area (TPSA) is 75.0 Å². The van der Waals surface area contributed by atoms with E-state index in [-0.39, 0.29) is 6.61 Å². The van der Waals surface area contributed by atoms with Gasteiger partial charge in [0.1, 0.15) is 25.4 Å². The molecule has 1 aliphatic rings. The zero-order valence-corrected chi connectivity index (χ0v) is 15.2. The highest BCUT2D eigenvalue weighted by Crippen LogP contribution is 2.31. The van der Waals surface area contributed by atoms with Crippen LogP contribution in [0.1, 0.15) is 21.5 Å². The Labute approximate surface area is 159 Å². The quantitative estimate of drug-likeness (QED) is 0.502. The lowest BCUT2D eigenvalue weighted by Gasteiger charge is -2.18. The molecule has 27 heavy (non-hydrogen) atoms. The average Bonchev–Trinajstić information content (AvgIpc) is 2.67. The highest BCUT2D eigenvalue weighted by atomic mass is 35.5. The standard InChI is InChI=1S/C20H15ClO6/c1-11-6-17-14(9-15(11)21)13(8-19(22)27-17)10-26-20(23)12-2-3-16-18(7-12)25-5-4-24-16/h2-3,6-9H,4-5,10H2,1H3. The number of rotatable bonds is 3. The number of benzene rings is 2. The van der Waals surface area contributed by atoms with E-state index in [2.05, 4.69) is 0 Å². The smallest absolute Gasteiger partial charge is 0.338 e. The van der Waals surface area contributed by atoms with Crippen molar-refractivity contribution in [3.63, 3.8) is 0 Å². The first kappa shape index (κ1) is 17.4. The van der Waals surface area contributed by atoms with Gasteiger partial charge in [0.15, 0.2) is 11.5 Å². The molecule has 0 atom stereocenters.